The minimum atomic E-state index is -0.160. The maximum Gasteiger partial charge on any atom is 0.125 e. The zero-order valence-electron chi connectivity index (χ0n) is 11.6. The van der Waals surface area contributed by atoms with E-state index < -0.39 is 0 Å². The first kappa shape index (κ1) is 13.6. The van der Waals surface area contributed by atoms with Crippen molar-refractivity contribution in [1.29, 1.82) is 0 Å². The molecule has 0 atom stereocenters. The molecule has 1 heterocycles. The molecule has 0 unspecified atom stereocenters. The van der Waals surface area contributed by atoms with Crippen LogP contribution >= 0.6 is 11.3 Å². The van der Waals surface area contributed by atoms with Crippen LogP contribution in [-0.4, -0.2) is 13.1 Å². The van der Waals surface area contributed by atoms with Gasteiger partial charge in [-0.25, -0.2) is 4.39 Å². The first-order valence-corrected chi connectivity index (χ1v) is 7.90. The number of rotatable bonds is 6. The van der Waals surface area contributed by atoms with E-state index >= 15 is 0 Å². The predicted octanol–water partition coefficient (Wildman–Crippen LogP) is 3.78. The first-order valence-electron chi connectivity index (χ1n) is 6.96. The van der Waals surface area contributed by atoms with Crippen molar-refractivity contribution in [3.63, 3.8) is 0 Å². The maximum atomic E-state index is 13.8. The zero-order chi connectivity index (χ0) is 13.9. The molecule has 0 radical (unpaired) electrons. The van der Waals surface area contributed by atoms with Crippen LogP contribution in [0.2, 0.25) is 0 Å². The number of anilines is 1. The molecule has 1 fully saturated rings. The normalized spacial score (nSPS) is 14.5. The molecule has 106 valence electrons. The highest BCUT2D eigenvalue weighted by atomic mass is 32.1. The predicted molar refractivity (Wildman–Crippen MR) is 82.7 cm³/mol. The van der Waals surface area contributed by atoms with E-state index in [0.717, 1.165) is 24.3 Å². The van der Waals surface area contributed by atoms with Gasteiger partial charge in [-0.15, -0.1) is 0 Å². The fraction of sp³-hybridized carbons (Fsp3) is 0.375. The van der Waals surface area contributed by atoms with Crippen LogP contribution < -0.4 is 10.2 Å². The number of benzene rings is 1. The lowest BCUT2D eigenvalue weighted by Crippen LogP contribution is -2.18. The average Bonchev–Trinajstić information content (AvgIpc) is 3.12. The van der Waals surface area contributed by atoms with Gasteiger partial charge in [-0.3, -0.25) is 0 Å². The Hall–Kier alpha value is -1.39. The minimum Gasteiger partial charge on any atom is -0.370 e. The highest BCUT2D eigenvalue weighted by Gasteiger charge is 2.20. The number of thiophene rings is 1. The highest BCUT2D eigenvalue weighted by molar-refractivity contribution is 7.07. The summed E-state index contributed by atoms with van der Waals surface area (Å²) in [7, 11) is 2.00. The van der Waals surface area contributed by atoms with Gasteiger partial charge in [0.1, 0.15) is 5.82 Å². The molecule has 0 bridgehead atoms. The highest BCUT2D eigenvalue weighted by Crippen LogP contribution is 2.22. The van der Waals surface area contributed by atoms with Gasteiger partial charge in [-0.2, -0.15) is 11.3 Å². The summed E-state index contributed by atoms with van der Waals surface area (Å²) in [6.45, 7) is 1.56. The van der Waals surface area contributed by atoms with E-state index in [1.54, 1.807) is 23.5 Å². The van der Waals surface area contributed by atoms with Gasteiger partial charge in [-0.05, 0) is 59.0 Å². The Morgan fingerprint density at radius 2 is 2.15 bits per heavy atom. The smallest absolute Gasteiger partial charge is 0.125 e. The summed E-state index contributed by atoms with van der Waals surface area (Å²) in [5, 5.41) is 7.63. The van der Waals surface area contributed by atoms with Crippen LogP contribution in [0.5, 0.6) is 0 Å². The lowest BCUT2D eigenvalue weighted by molar-refractivity contribution is 0.619. The monoisotopic (exact) mass is 290 g/mol. The van der Waals surface area contributed by atoms with E-state index in [1.165, 1.54) is 18.4 Å². The van der Waals surface area contributed by atoms with Crippen molar-refractivity contribution in [2.45, 2.75) is 32.0 Å². The van der Waals surface area contributed by atoms with Crippen LogP contribution in [0.15, 0.2) is 35.0 Å². The SMILES string of the molecule is CN(Cc1ccsc1)c1cc(F)cc(CNC2CC2)c1. The fourth-order valence-electron chi connectivity index (χ4n) is 2.25. The van der Waals surface area contributed by atoms with Crippen LogP contribution in [0.25, 0.3) is 0 Å². The third-order valence-electron chi connectivity index (χ3n) is 3.56. The van der Waals surface area contributed by atoms with Crippen LogP contribution in [0, 0.1) is 5.82 Å². The molecule has 1 saturated carbocycles. The maximum absolute atomic E-state index is 13.8. The topological polar surface area (TPSA) is 15.3 Å². The van der Waals surface area contributed by atoms with Crippen molar-refractivity contribution >= 4 is 17.0 Å². The summed E-state index contributed by atoms with van der Waals surface area (Å²) >= 11 is 1.69. The number of nitrogens with one attached hydrogen (secondary N) is 1. The van der Waals surface area contributed by atoms with Gasteiger partial charge in [0, 0.05) is 31.9 Å². The van der Waals surface area contributed by atoms with Crippen LogP contribution in [0.3, 0.4) is 0 Å². The number of hydrogen-bond donors (Lipinski definition) is 1. The molecule has 1 N–H and O–H groups in total. The van der Waals surface area contributed by atoms with E-state index in [1.807, 2.05) is 7.05 Å². The van der Waals surface area contributed by atoms with Gasteiger partial charge < -0.3 is 10.2 Å². The van der Waals surface area contributed by atoms with E-state index in [4.69, 9.17) is 0 Å². The Morgan fingerprint density at radius 1 is 1.30 bits per heavy atom. The molecule has 20 heavy (non-hydrogen) atoms. The van der Waals surface area contributed by atoms with Crippen molar-refractivity contribution in [2.75, 3.05) is 11.9 Å². The minimum absolute atomic E-state index is 0.160. The van der Waals surface area contributed by atoms with Crippen LogP contribution in [-0.2, 0) is 13.1 Å². The van der Waals surface area contributed by atoms with Crippen molar-refractivity contribution in [3.8, 4) is 0 Å². The third kappa shape index (κ3) is 3.58. The van der Waals surface area contributed by atoms with Crippen LogP contribution in [0.1, 0.15) is 24.0 Å². The summed E-state index contributed by atoms with van der Waals surface area (Å²) < 4.78 is 13.8. The Labute approximate surface area is 123 Å². The lowest BCUT2D eigenvalue weighted by atomic mass is 10.1. The molecular weight excluding hydrogens is 271 g/mol. The molecule has 1 aliphatic carbocycles. The van der Waals surface area contributed by atoms with E-state index in [-0.39, 0.29) is 5.82 Å². The van der Waals surface area contributed by atoms with Crippen molar-refractivity contribution in [2.24, 2.45) is 0 Å². The average molecular weight is 290 g/mol. The zero-order valence-corrected chi connectivity index (χ0v) is 12.4. The Kier molecular flexibility index (Phi) is 4.03. The van der Waals surface area contributed by atoms with Crippen molar-refractivity contribution in [1.82, 2.24) is 5.32 Å². The van der Waals surface area contributed by atoms with Gasteiger partial charge in [0.2, 0.25) is 0 Å². The number of nitrogens with zero attached hydrogens (tertiary/aromatic N) is 1. The molecule has 1 aromatic carbocycles. The van der Waals surface area contributed by atoms with Gasteiger partial charge >= 0.3 is 0 Å². The number of halogens is 1. The largest absolute Gasteiger partial charge is 0.370 e. The summed E-state index contributed by atoms with van der Waals surface area (Å²) in [6.07, 6.45) is 2.50. The van der Waals surface area contributed by atoms with Crippen LogP contribution in [0.4, 0.5) is 10.1 Å². The molecule has 2 nitrogen and oxygen atoms in total. The first-order chi connectivity index (χ1) is 9.70. The Morgan fingerprint density at radius 3 is 2.85 bits per heavy atom. The summed E-state index contributed by atoms with van der Waals surface area (Å²) in [4.78, 5) is 2.09. The molecule has 0 aliphatic heterocycles. The lowest BCUT2D eigenvalue weighted by Gasteiger charge is -2.20. The van der Waals surface area contributed by atoms with Gasteiger partial charge in [0.25, 0.3) is 0 Å². The fourth-order valence-corrected chi connectivity index (χ4v) is 2.91. The molecule has 2 aromatic rings. The second-order valence-corrected chi connectivity index (χ2v) is 6.24. The standard InChI is InChI=1S/C16H19FN2S/c1-19(10-12-4-5-20-11-12)16-7-13(6-14(17)8-16)9-18-15-2-3-15/h4-8,11,15,18H,2-3,9-10H2,1H3. The van der Waals surface area contributed by atoms with Gasteiger partial charge in [0.15, 0.2) is 0 Å². The number of hydrogen-bond acceptors (Lipinski definition) is 3. The Bertz CT molecular complexity index is 564. The van der Waals surface area contributed by atoms with E-state index in [2.05, 4.69) is 33.1 Å². The molecule has 1 aromatic heterocycles. The Balaban J connectivity index is 1.70. The summed E-state index contributed by atoms with van der Waals surface area (Å²) in [6, 6.07) is 8.05. The molecule has 4 heteroatoms. The molecular formula is C16H19FN2S. The van der Waals surface area contributed by atoms with E-state index in [0.29, 0.717) is 6.04 Å². The molecule has 0 spiro atoms. The second-order valence-electron chi connectivity index (χ2n) is 5.46. The third-order valence-corrected chi connectivity index (χ3v) is 4.29. The van der Waals surface area contributed by atoms with E-state index in [9.17, 15) is 4.39 Å². The molecule has 0 saturated heterocycles. The molecule has 1 aliphatic rings. The molecule has 0 amide bonds. The molecule has 3 rings (SSSR count). The second kappa shape index (κ2) is 5.94. The summed E-state index contributed by atoms with van der Waals surface area (Å²) in [5.41, 5.74) is 3.22. The van der Waals surface area contributed by atoms with Gasteiger partial charge in [0.05, 0.1) is 0 Å². The quantitative estimate of drug-likeness (QED) is 0.871. The van der Waals surface area contributed by atoms with Gasteiger partial charge in [-0.1, -0.05) is 0 Å². The van der Waals surface area contributed by atoms with Crippen molar-refractivity contribution < 1.29 is 4.39 Å². The van der Waals surface area contributed by atoms with Crippen molar-refractivity contribution in [3.05, 3.63) is 52.0 Å². The summed E-state index contributed by atoms with van der Waals surface area (Å²) in [5.74, 6) is -0.160.